The average molecular weight is 336 g/mol. The summed E-state index contributed by atoms with van der Waals surface area (Å²) in [6.45, 7) is 4.72. The van der Waals surface area contributed by atoms with Gasteiger partial charge in [0, 0.05) is 44.3 Å². The first-order chi connectivity index (χ1) is 11.3. The topological polar surface area (TPSA) is 57.8 Å². The number of rotatable bonds is 6. The van der Waals surface area contributed by atoms with Gasteiger partial charge in [-0.1, -0.05) is 38.5 Å². The molecule has 0 amide bonds. The van der Waals surface area contributed by atoms with Crippen LogP contribution < -0.4 is 10.6 Å². The minimum Gasteiger partial charge on any atom is -0.370 e. The Labute approximate surface area is 143 Å². The first-order valence-electron chi connectivity index (χ1n) is 9.02. The Bertz CT molecular complexity index is 473. The van der Waals surface area contributed by atoms with Crippen LogP contribution in [-0.4, -0.2) is 48.6 Å². The van der Waals surface area contributed by atoms with Crippen molar-refractivity contribution in [2.24, 2.45) is 16.6 Å². The van der Waals surface area contributed by atoms with Gasteiger partial charge in [0.25, 0.3) is 0 Å². The molecule has 23 heavy (non-hydrogen) atoms. The number of thiazole rings is 1. The highest BCUT2D eigenvalue weighted by molar-refractivity contribution is 7.13. The monoisotopic (exact) mass is 335 g/mol. The lowest BCUT2D eigenvalue weighted by molar-refractivity contribution is 0.380. The molecular weight excluding hydrogens is 306 g/mol. The molecule has 1 aromatic heterocycles. The van der Waals surface area contributed by atoms with Crippen LogP contribution in [0.3, 0.4) is 0 Å². The average Bonchev–Trinajstić information content (AvgIpc) is 3.28. The molecular formula is C17H29N5S. The summed E-state index contributed by atoms with van der Waals surface area (Å²) < 4.78 is 0. The second-order valence-corrected chi connectivity index (χ2v) is 7.55. The van der Waals surface area contributed by atoms with Crippen molar-refractivity contribution in [2.75, 3.05) is 37.6 Å². The second kappa shape index (κ2) is 8.52. The van der Waals surface area contributed by atoms with Crippen molar-refractivity contribution >= 4 is 22.4 Å². The normalized spacial score (nSPS) is 20.4. The van der Waals surface area contributed by atoms with Crippen molar-refractivity contribution in [3.8, 4) is 0 Å². The Morgan fingerprint density at radius 3 is 2.70 bits per heavy atom. The van der Waals surface area contributed by atoms with Crippen LogP contribution in [0.4, 0.5) is 5.13 Å². The summed E-state index contributed by atoms with van der Waals surface area (Å²) in [6.07, 6.45) is 11.5. The van der Waals surface area contributed by atoms with Crippen LogP contribution in [0.15, 0.2) is 16.6 Å². The Hall–Kier alpha value is -1.30. The highest BCUT2D eigenvalue weighted by Gasteiger charge is 2.19. The van der Waals surface area contributed by atoms with Crippen LogP contribution in [0.2, 0.25) is 0 Å². The van der Waals surface area contributed by atoms with Gasteiger partial charge in [0.2, 0.25) is 0 Å². The molecule has 0 atom stereocenters. The van der Waals surface area contributed by atoms with E-state index < -0.39 is 0 Å². The van der Waals surface area contributed by atoms with Crippen molar-refractivity contribution in [3.63, 3.8) is 0 Å². The predicted molar refractivity (Wildman–Crippen MR) is 98.2 cm³/mol. The number of piperazine rings is 1. The standard InChI is InChI=1S/C17H29N5S/c18-16(19-8-4-3-7-15-5-1-2-6-15)21-10-12-22(13-11-21)17-20-9-14-23-17/h9,14-15H,1-8,10-13H2,(H2,18,19). The summed E-state index contributed by atoms with van der Waals surface area (Å²) in [4.78, 5) is 13.5. The third-order valence-electron chi connectivity index (χ3n) is 5.06. The maximum absolute atomic E-state index is 6.16. The molecule has 0 aromatic carbocycles. The van der Waals surface area contributed by atoms with Gasteiger partial charge in [0.1, 0.15) is 0 Å². The van der Waals surface area contributed by atoms with Crippen LogP contribution in [0.25, 0.3) is 0 Å². The zero-order valence-corrected chi connectivity index (χ0v) is 14.8. The molecule has 1 aromatic rings. The van der Waals surface area contributed by atoms with E-state index in [0.29, 0.717) is 0 Å². The summed E-state index contributed by atoms with van der Waals surface area (Å²) in [5.74, 6) is 1.72. The van der Waals surface area contributed by atoms with Gasteiger partial charge in [-0.2, -0.15) is 0 Å². The van der Waals surface area contributed by atoms with E-state index in [9.17, 15) is 0 Å². The van der Waals surface area contributed by atoms with Crippen LogP contribution in [0, 0.1) is 5.92 Å². The molecule has 3 rings (SSSR count). The molecule has 128 valence electrons. The summed E-state index contributed by atoms with van der Waals surface area (Å²) in [5.41, 5.74) is 6.16. The highest BCUT2D eigenvalue weighted by Crippen LogP contribution is 2.28. The Morgan fingerprint density at radius 2 is 2.00 bits per heavy atom. The summed E-state index contributed by atoms with van der Waals surface area (Å²) >= 11 is 1.70. The van der Waals surface area contributed by atoms with Gasteiger partial charge < -0.3 is 15.5 Å². The van der Waals surface area contributed by atoms with E-state index in [-0.39, 0.29) is 0 Å². The number of unbranched alkanes of at least 4 members (excludes halogenated alkanes) is 1. The van der Waals surface area contributed by atoms with Gasteiger partial charge in [-0.05, 0) is 12.3 Å². The molecule has 2 heterocycles. The third-order valence-corrected chi connectivity index (χ3v) is 5.89. The highest BCUT2D eigenvalue weighted by atomic mass is 32.1. The SMILES string of the molecule is NC(=NCCCCC1CCCC1)N1CCN(c2nccs2)CC1. The predicted octanol–water partition coefficient (Wildman–Crippen LogP) is 2.94. The maximum atomic E-state index is 6.16. The maximum Gasteiger partial charge on any atom is 0.191 e. The van der Waals surface area contributed by atoms with Gasteiger partial charge in [-0.3, -0.25) is 4.99 Å². The lowest BCUT2D eigenvalue weighted by Crippen LogP contribution is -2.51. The minimum absolute atomic E-state index is 0.727. The third kappa shape index (κ3) is 4.83. The zero-order chi connectivity index (χ0) is 15.9. The number of anilines is 1. The van der Waals surface area contributed by atoms with E-state index in [4.69, 9.17) is 5.73 Å². The number of guanidine groups is 1. The van der Waals surface area contributed by atoms with Crippen molar-refractivity contribution in [1.29, 1.82) is 0 Å². The van der Waals surface area contributed by atoms with Gasteiger partial charge in [0.05, 0.1) is 0 Å². The zero-order valence-electron chi connectivity index (χ0n) is 14.0. The van der Waals surface area contributed by atoms with Gasteiger partial charge in [0.15, 0.2) is 11.1 Å². The molecule has 1 saturated heterocycles. The summed E-state index contributed by atoms with van der Waals surface area (Å²) in [5, 5.41) is 3.15. The molecule has 2 N–H and O–H groups in total. The van der Waals surface area contributed by atoms with Crippen molar-refractivity contribution < 1.29 is 0 Å². The van der Waals surface area contributed by atoms with E-state index >= 15 is 0 Å². The van der Waals surface area contributed by atoms with Gasteiger partial charge in [-0.15, -0.1) is 11.3 Å². The number of aromatic nitrogens is 1. The second-order valence-electron chi connectivity index (χ2n) is 6.67. The van der Waals surface area contributed by atoms with E-state index in [1.165, 1.54) is 44.9 Å². The molecule has 1 aliphatic carbocycles. The Balaban J connectivity index is 1.32. The summed E-state index contributed by atoms with van der Waals surface area (Å²) in [7, 11) is 0. The van der Waals surface area contributed by atoms with Crippen molar-refractivity contribution in [2.45, 2.75) is 44.9 Å². The van der Waals surface area contributed by atoms with Crippen molar-refractivity contribution in [1.82, 2.24) is 9.88 Å². The van der Waals surface area contributed by atoms with Gasteiger partial charge >= 0.3 is 0 Å². The molecule has 0 spiro atoms. The molecule has 1 aliphatic heterocycles. The van der Waals surface area contributed by atoms with Crippen LogP contribution in [0.5, 0.6) is 0 Å². The van der Waals surface area contributed by atoms with Crippen LogP contribution in [0.1, 0.15) is 44.9 Å². The summed E-state index contributed by atoms with van der Waals surface area (Å²) in [6, 6.07) is 0. The lowest BCUT2D eigenvalue weighted by atomic mass is 10.0. The van der Waals surface area contributed by atoms with E-state index in [0.717, 1.165) is 49.7 Å². The fourth-order valence-corrected chi connectivity index (χ4v) is 4.33. The number of aliphatic imine (C=N–C) groups is 1. The quantitative estimate of drug-likeness (QED) is 0.493. The molecule has 5 nitrogen and oxygen atoms in total. The largest absolute Gasteiger partial charge is 0.370 e. The fourth-order valence-electron chi connectivity index (χ4n) is 3.64. The molecule has 1 saturated carbocycles. The van der Waals surface area contributed by atoms with Crippen LogP contribution in [-0.2, 0) is 0 Å². The number of nitrogens with two attached hydrogens (primary N) is 1. The van der Waals surface area contributed by atoms with Crippen LogP contribution >= 0.6 is 11.3 Å². The fraction of sp³-hybridized carbons (Fsp3) is 0.765. The lowest BCUT2D eigenvalue weighted by Gasteiger charge is -2.35. The Kier molecular flexibility index (Phi) is 6.13. The molecule has 0 unspecified atom stereocenters. The molecule has 2 fully saturated rings. The van der Waals surface area contributed by atoms with E-state index in [1.54, 1.807) is 11.3 Å². The number of nitrogens with zero attached hydrogens (tertiary/aromatic N) is 4. The van der Waals surface area contributed by atoms with Crippen molar-refractivity contribution in [3.05, 3.63) is 11.6 Å². The Morgan fingerprint density at radius 1 is 1.22 bits per heavy atom. The molecule has 0 bridgehead atoms. The molecule has 0 radical (unpaired) electrons. The molecule has 6 heteroatoms. The number of hydrogen-bond donors (Lipinski definition) is 1. The van der Waals surface area contributed by atoms with E-state index in [1.807, 2.05) is 11.6 Å². The minimum atomic E-state index is 0.727. The molecule has 2 aliphatic rings. The van der Waals surface area contributed by atoms with Gasteiger partial charge in [-0.25, -0.2) is 4.98 Å². The van der Waals surface area contributed by atoms with E-state index in [2.05, 4.69) is 19.8 Å². The first kappa shape index (κ1) is 16.6. The smallest absolute Gasteiger partial charge is 0.191 e. The number of hydrogen-bond acceptors (Lipinski definition) is 4. The first-order valence-corrected chi connectivity index (χ1v) is 9.90.